The van der Waals surface area contributed by atoms with Crippen LogP contribution in [0.2, 0.25) is 0 Å². The van der Waals surface area contributed by atoms with Crippen LogP contribution < -0.4 is 0 Å². The van der Waals surface area contributed by atoms with Gasteiger partial charge in [0.05, 0.1) is 0 Å². The first-order valence-corrected chi connectivity index (χ1v) is 7.92. The van der Waals surface area contributed by atoms with Crippen LogP contribution in [-0.2, 0) is 4.79 Å². The topological polar surface area (TPSA) is 20.3 Å². The number of nitrogens with zero attached hydrogens (tertiary/aromatic N) is 1. The van der Waals surface area contributed by atoms with Gasteiger partial charge in [-0.05, 0) is 50.6 Å². The quantitative estimate of drug-likeness (QED) is 0.716. The van der Waals surface area contributed by atoms with E-state index < -0.39 is 0 Å². The van der Waals surface area contributed by atoms with Crippen LogP contribution in [0.5, 0.6) is 0 Å². The lowest BCUT2D eigenvalue weighted by atomic mass is 9.86. The number of carbonyl (C=O) groups is 1. The van der Waals surface area contributed by atoms with Crippen molar-refractivity contribution in [3.8, 4) is 0 Å². The number of piperidine rings is 1. The SMILES string of the molecule is CC(C)C1CCN(CC2CCCCCC2=O)CC1. The molecule has 0 radical (unpaired) electrons. The molecule has 1 heterocycles. The number of hydrogen-bond acceptors (Lipinski definition) is 2. The Morgan fingerprint density at radius 1 is 1.11 bits per heavy atom. The molecule has 0 aromatic heterocycles. The van der Waals surface area contributed by atoms with Crippen LogP contribution in [0.15, 0.2) is 0 Å². The molecule has 1 saturated carbocycles. The van der Waals surface area contributed by atoms with Gasteiger partial charge in [-0.1, -0.05) is 26.7 Å². The molecule has 0 bridgehead atoms. The van der Waals surface area contributed by atoms with Gasteiger partial charge in [-0.2, -0.15) is 0 Å². The van der Waals surface area contributed by atoms with Crippen LogP contribution in [0.1, 0.15) is 58.8 Å². The summed E-state index contributed by atoms with van der Waals surface area (Å²) in [6.45, 7) is 8.16. The maximum Gasteiger partial charge on any atom is 0.137 e. The second kappa shape index (κ2) is 6.70. The Balaban J connectivity index is 1.78. The summed E-state index contributed by atoms with van der Waals surface area (Å²) in [7, 11) is 0. The molecular weight excluding hydrogens is 222 g/mol. The first kappa shape index (κ1) is 14.0. The normalized spacial score (nSPS) is 28.6. The summed E-state index contributed by atoms with van der Waals surface area (Å²) in [6.07, 6.45) is 8.30. The van der Waals surface area contributed by atoms with E-state index in [-0.39, 0.29) is 0 Å². The molecule has 1 atom stereocenters. The summed E-state index contributed by atoms with van der Waals surface area (Å²) >= 11 is 0. The smallest absolute Gasteiger partial charge is 0.137 e. The predicted octanol–water partition coefficient (Wildman–Crippen LogP) is 3.50. The number of carbonyl (C=O) groups excluding carboxylic acids is 1. The molecule has 0 spiro atoms. The van der Waals surface area contributed by atoms with Gasteiger partial charge >= 0.3 is 0 Å². The summed E-state index contributed by atoms with van der Waals surface area (Å²) in [5.41, 5.74) is 0. The van der Waals surface area contributed by atoms with Gasteiger partial charge in [-0.25, -0.2) is 0 Å². The Morgan fingerprint density at radius 2 is 1.83 bits per heavy atom. The van der Waals surface area contributed by atoms with Crippen molar-refractivity contribution in [2.45, 2.75) is 58.8 Å². The molecule has 2 nitrogen and oxygen atoms in total. The predicted molar refractivity (Wildman–Crippen MR) is 75.6 cm³/mol. The second-order valence-corrected chi connectivity index (χ2v) is 6.64. The third-order valence-corrected chi connectivity index (χ3v) is 4.98. The maximum atomic E-state index is 12.0. The molecule has 0 aromatic rings. The first-order chi connectivity index (χ1) is 8.66. The van der Waals surface area contributed by atoms with Crippen LogP contribution in [0.4, 0.5) is 0 Å². The lowest BCUT2D eigenvalue weighted by molar-refractivity contribution is -0.123. The van der Waals surface area contributed by atoms with Crippen molar-refractivity contribution < 1.29 is 4.79 Å². The summed E-state index contributed by atoms with van der Waals surface area (Å²) in [4.78, 5) is 14.6. The van der Waals surface area contributed by atoms with Crippen LogP contribution in [0, 0.1) is 17.8 Å². The highest BCUT2D eigenvalue weighted by molar-refractivity contribution is 5.81. The standard InChI is InChI=1S/C16H29NO/c1-13(2)14-8-10-17(11-9-14)12-15-6-4-3-5-7-16(15)18/h13-15H,3-12H2,1-2H3. The van der Waals surface area contributed by atoms with Gasteiger partial charge in [0.25, 0.3) is 0 Å². The molecule has 1 saturated heterocycles. The van der Waals surface area contributed by atoms with Gasteiger partial charge < -0.3 is 4.90 Å². The average Bonchev–Trinajstić information content (AvgIpc) is 2.56. The molecule has 2 heteroatoms. The molecule has 0 aromatic carbocycles. The minimum Gasteiger partial charge on any atom is -0.303 e. The molecule has 2 fully saturated rings. The van der Waals surface area contributed by atoms with Crippen molar-refractivity contribution in [1.29, 1.82) is 0 Å². The van der Waals surface area contributed by atoms with Crippen molar-refractivity contribution in [3.63, 3.8) is 0 Å². The minimum absolute atomic E-state index is 0.350. The fraction of sp³-hybridized carbons (Fsp3) is 0.938. The largest absolute Gasteiger partial charge is 0.303 e. The molecule has 18 heavy (non-hydrogen) atoms. The van der Waals surface area contributed by atoms with E-state index in [1.54, 1.807) is 0 Å². The van der Waals surface area contributed by atoms with Crippen molar-refractivity contribution in [2.24, 2.45) is 17.8 Å². The monoisotopic (exact) mass is 251 g/mol. The highest BCUT2D eigenvalue weighted by atomic mass is 16.1. The molecule has 0 N–H and O–H groups in total. The van der Waals surface area contributed by atoms with Gasteiger partial charge in [0.15, 0.2) is 0 Å². The van der Waals surface area contributed by atoms with Crippen LogP contribution in [0.25, 0.3) is 0 Å². The van der Waals surface area contributed by atoms with E-state index in [2.05, 4.69) is 18.7 Å². The fourth-order valence-corrected chi connectivity index (χ4v) is 3.54. The van der Waals surface area contributed by atoms with Crippen molar-refractivity contribution >= 4 is 5.78 Å². The molecule has 0 amide bonds. The Kier molecular flexibility index (Phi) is 5.23. The number of rotatable bonds is 3. The van der Waals surface area contributed by atoms with Crippen molar-refractivity contribution in [1.82, 2.24) is 4.90 Å². The van der Waals surface area contributed by atoms with E-state index >= 15 is 0 Å². The van der Waals surface area contributed by atoms with Gasteiger partial charge in [-0.15, -0.1) is 0 Å². The third-order valence-electron chi connectivity index (χ3n) is 4.98. The Hall–Kier alpha value is -0.370. The molecule has 1 aliphatic heterocycles. The Bertz CT molecular complexity index is 266. The zero-order valence-electron chi connectivity index (χ0n) is 12.2. The van der Waals surface area contributed by atoms with Gasteiger partial charge in [0, 0.05) is 18.9 Å². The van der Waals surface area contributed by atoms with E-state index in [4.69, 9.17) is 0 Å². The van der Waals surface area contributed by atoms with E-state index in [1.807, 2.05) is 0 Å². The Labute approximate surface area is 112 Å². The molecular formula is C16H29NO. The van der Waals surface area contributed by atoms with Gasteiger partial charge in [0.1, 0.15) is 5.78 Å². The lowest BCUT2D eigenvalue weighted by Crippen LogP contribution is -2.39. The van der Waals surface area contributed by atoms with E-state index in [9.17, 15) is 4.79 Å². The first-order valence-electron chi connectivity index (χ1n) is 7.92. The lowest BCUT2D eigenvalue weighted by Gasteiger charge is -2.35. The van der Waals surface area contributed by atoms with Gasteiger partial charge in [-0.3, -0.25) is 4.79 Å². The van der Waals surface area contributed by atoms with Crippen LogP contribution in [-0.4, -0.2) is 30.3 Å². The van der Waals surface area contributed by atoms with E-state index in [0.717, 1.165) is 37.6 Å². The van der Waals surface area contributed by atoms with Crippen LogP contribution >= 0.6 is 0 Å². The number of ketones is 1. The second-order valence-electron chi connectivity index (χ2n) is 6.64. The fourth-order valence-electron chi connectivity index (χ4n) is 3.54. The third kappa shape index (κ3) is 3.81. The van der Waals surface area contributed by atoms with Crippen molar-refractivity contribution in [3.05, 3.63) is 0 Å². The average molecular weight is 251 g/mol. The Morgan fingerprint density at radius 3 is 2.50 bits per heavy atom. The van der Waals surface area contributed by atoms with E-state index in [0.29, 0.717) is 11.7 Å². The number of Topliss-reactive ketones (excluding diaryl/α,β-unsaturated/α-hetero) is 1. The molecule has 1 aliphatic carbocycles. The maximum absolute atomic E-state index is 12.0. The minimum atomic E-state index is 0.350. The molecule has 2 aliphatic rings. The summed E-state index contributed by atoms with van der Waals surface area (Å²) in [5, 5.41) is 0. The van der Waals surface area contributed by atoms with E-state index in [1.165, 1.54) is 38.8 Å². The summed E-state index contributed by atoms with van der Waals surface area (Å²) in [6, 6.07) is 0. The highest BCUT2D eigenvalue weighted by Crippen LogP contribution is 2.27. The zero-order valence-corrected chi connectivity index (χ0v) is 12.2. The van der Waals surface area contributed by atoms with Crippen LogP contribution in [0.3, 0.4) is 0 Å². The molecule has 1 unspecified atom stereocenters. The number of likely N-dealkylation sites (tertiary alicyclic amines) is 1. The van der Waals surface area contributed by atoms with Gasteiger partial charge in [0.2, 0.25) is 0 Å². The molecule has 104 valence electrons. The summed E-state index contributed by atoms with van der Waals surface area (Å²) in [5.74, 6) is 2.62. The zero-order chi connectivity index (χ0) is 13.0. The number of hydrogen-bond donors (Lipinski definition) is 0. The summed E-state index contributed by atoms with van der Waals surface area (Å²) < 4.78 is 0. The highest BCUT2D eigenvalue weighted by Gasteiger charge is 2.26. The van der Waals surface area contributed by atoms with Crippen molar-refractivity contribution in [2.75, 3.05) is 19.6 Å². The molecule has 2 rings (SSSR count).